The Kier molecular flexibility index (Phi) is 9.35. The van der Waals surface area contributed by atoms with Crippen molar-refractivity contribution < 1.29 is 14.7 Å². The summed E-state index contributed by atoms with van der Waals surface area (Å²) in [6.07, 6.45) is 4.75. The molecule has 0 saturated carbocycles. The summed E-state index contributed by atoms with van der Waals surface area (Å²) < 4.78 is 0. The average Bonchev–Trinajstić information content (AvgIpc) is 2.94. The topological polar surface area (TPSA) is 69.6 Å². The number of aliphatic carboxylic acids is 1. The summed E-state index contributed by atoms with van der Waals surface area (Å²) in [6, 6.07) is 26.5. The van der Waals surface area contributed by atoms with E-state index in [9.17, 15) is 14.7 Å². The van der Waals surface area contributed by atoms with Gasteiger partial charge in [-0.25, -0.2) is 0 Å². The van der Waals surface area contributed by atoms with Crippen LogP contribution >= 0.6 is 0 Å². The van der Waals surface area contributed by atoms with Crippen LogP contribution in [-0.4, -0.2) is 47.6 Å². The Hall–Kier alpha value is -3.44. The monoisotopic (exact) mass is 512 g/mol. The van der Waals surface area contributed by atoms with Crippen molar-refractivity contribution in [1.82, 2.24) is 10.2 Å². The maximum absolute atomic E-state index is 13.2. The molecule has 200 valence electrons. The van der Waals surface area contributed by atoms with E-state index in [1.807, 2.05) is 54.6 Å². The fourth-order valence-corrected chi connectivity index (χ4v) is 5.62. The van der Waals surface area contributed by atoms with E-state index >= 15 is 0 Å². The highest BCUT2D eigenvalue weighted by molar-refractivity contribution is 6.01. The van der Waals surface area contributed by atoms with Gasteiger partial charge in [-0.2, -0.15) is 0 Å². The zero-order valence-corrected chi connectivity index (χ0v) is 22.7. The molecule has 4 rings (SSSR count). The summed E-state index contributed by atoms with van der Waals surface area (Å²) >= 11 is 0. The Labute approximate surface area is 226 Å². The van der Waals surface area contributed by atoms with E-state index in [0.29, 0.717) is 0 Å². The molecule has 1 atom stereocenters. The number of benzene rings is 3. The zero-order chi connectivity index (χ0) is 27.0. The van der Waals surface area contributed by atoms with Gasteiger partial charge in [-0.15, -0.1) is 0 Å². The number of carbonyl (C=O) groups is 2. The van der Waals surface area contributed by atoms with Crippen LogP contribution in [0.3, 0.4) is 0 Å². The van der Waals surface area contributed by atoms with Crippen LogP contribution < -0.4 is 5.32 Å². The molecule has 0 aromatic heterocycles. The molecule has 0 spiro atoms. The smallest absolute Gasteiger partial charge is 0.304 e. The SMILES string of the molecule is CCc1ccc(-c2ccccc2C(=O)NC2CCN(CCCC(C)(CC(=O)O)c3ccccc3)CC2)cc1. The van der Waals surface area contributed by atoms with E-state index in [1.54, 1.807) is 0 Å². The molecule has 1 aliphatic rings. The number of hydrogen-bond acceptors (Lipinski definition) is 3. The van der Waals surface area contributed by atoms with Gasteiger partial charge in [0, 0.05) is 30.1 Å². The fraction of sp³-hybridized carbons (Fsp3) is 0.394. The number of rotatable bonds is 11. The van der Waals surface area contributed by atoms with Gasteiger partial charge in [0.15, 0.2) is 0 Å². The molecule has 1 amide bonds. The van der Waals surface area contributed by atoms with Gasteiger partial charge in [-0.3, -0.25) is 9.59 Å². The van der Waals surface area contributed by atoms with E-state index in [4.69, 9.17) is 0 Å². The first-order valence-corrected chi connectivity index (χ1v) is 13.9. The first kappa shape index (κ1) is 27.6. The van der Waals surface area contributed by atoms with E-state index in [1.165, 1.54) is 5.56 Å². The van der Waals surface area contributed by atoms with Crippen LogP contribution in [0, 0.1) is 0 Å². The number of nitrogens with zero attached hydrogens (tertiary/aromatic N) is 1. The minimum absolute atomic E-state index is 0.00841. The van der Waals surface area contributed by atoms with E-state index in [2.05, 4.69) is 48.3 Å². The normalized spacial score (nSPS) is 16.1. The van der Waals surface area contributed by atoms with Crippen LogP contribution in [0.5, 0.6) is 0 Å². The second kappa shape index (κ2) is 12.9. The van der Waals surface area contributed by atoms with Gasteiger partial charge in [-0.05, 0) is 67.0 Å². The van der Waals surface area contributed by atoms with Crippen LogP contribution in [-0.2, 0) is 16.6 Å². The summed E-state index contributed by atoms with van der Waals surface area (Å²) in [7, 11) is 0. The lowest BCUT2D eigenvalue weighted by Crippen LogP contribution is -2.45. The molecule has 1 saturated heterocycles. The number of nitrogens with one attached hydrogen (secondary N) is 1. The van der Waals surface area contributed by atoms with Crippen molar-refractivity contribution in [3.05, 3.63) is 95.6 Å². The van der Waals surface area contributed by atoms with Gasteiger partial charge in [0.05, 0.1) is 6.42 Å². The Morgan fingerprint density at radius 1 is 0.947 bits per heavy atom. The van der Waals surface area contributed by atoms with E-state index in [-0.39, 0.29) is 23.8 Å². The lowest BCUT2D eigenvalue weighted by molar-refractivity contribution is -0.138. The minimum atomic E-state index is -0.757. The van der Waals surface area contributed by atoms with Gasteiger partial charge in [0.25, 0.3) is 5.91 Å². The number of hydrogen-bond donors (Lipinski definition) is 2. The lowest BCUT2D eigenvalue weighted by Gasteiger charge is -2.34. The fourth-order valence-electron chi connectivity index (χ4n) is 5.62. The second-order valence-electron chi connectivity index (χ2n) is 10.8. The van der Waals surface area contributed by atoms with Gasteiger partial charge < -0.3 is 15.3 Å². The van der Waals surface area contributed by atoms with Crippen molar-refractivity contribution in [2.75, 3.05) is 19.6 Å². The van der Waals surface area contributed by atoms with Gasteiger partial charge >= 0.3 is 5.97 Å². The summed E-state index contributed by atoms with van der Waals surface area (Å²) in [5.74, 6) is -0.765. The van der Waals surface area contributed by atoms with Crippen molar-refractivity contribution in [2.24, 2.45) is 0 Å². The second-order valence-corrected chi connectivity index (χ2v) is 10.8. The van der Waals surface area contributed by atoms with E-state index in [0.717, 1.165) is 74.0 Å². The summed E-state index contributed by atoms with van der Waals surface area (Å²) in [5.41, 5.74) is 4.75. The molecular weight excluding hydrogens is 472 g/mol. The molecule has 5 heteroatoms. The van der Waals surface area contributed by atoms with Gasteiger partial charge in [0.1, 0.15) is 0 Å². The maximum atomic E-state index is 13.2. The van der Waals surface area contributed by atoms with Crippen molar-refractivity contribution in [1.29, 1.82) is 0 Å². The number of carbonyl (C=O) groups excluding carboxylic acids is 1. The number of piperidine rings is 1. The molecule has 1 aliphatic heterocycles. The number of aryl methyl sites for hydroxylation is 1. The molecule has 2 N–H and O–H groups in total. The highest BCUT2D eigenvalue weighted by Gasteiger charge is 2.30. The Morgan fingerprint density at radius 2 is 1.61 bits per heavy atom. The van der Waals surface area contributed by atoms with E-state index < -0.39 is 5.97 Å². The summed E-state index contributed by atoms with van der Waals surface area (Å²) in [5, 5.41) is 12.8. The average molecular weight is 513 g/mol. The standard InChI is InChI=1S/C33H40N2O3/c1-3-25-14-16-26(17-15-25)29-12-7-8-13-30(29)32(38)34-28-18-22-35(23-19-28)21-9-20-33(2,24-31(36)37)27-10-5-4-6-11-27/h4-8,10-17,28H,3,9,18-24H2,1-2H3,(H,34,38)(H,36,37). The molecule has 1 unspecified atom stereocenters. The molecule has 1 fully saturated rings. The Bertz CT molecular complexity index is 1200. The number of amides is 1. The molecule has 1 heterocycles. The largest absolute Gasteiger partial charge is 0.481 e. The zero-order valence-electron chi connectivity index (χ0n) is 22.7. The number of carboxylic acids is 1. The highest BCUT2D eigenvalue weighted by atomic mass is 16.4. The van der Waals surface area contributed by atoms with Crippen LogP contribution in [0.2, 0.25) is 0 Å². The van der Waals surface area contributed by atoms with Gasteiger partial charge in [-0.1, -0.05) is 86.6 Å². The van der Waals surface area contributed by atoms with Crippen LogP contribution in [0.1, 0.15) is 67.4 Å². The Morgan fingerprint density at radius 3 is 2.26 bits per heavy atom. The molecule has 3 aromatic carbocycles. The van der Waals surface area contributed by atoms with Gasteiger partial charge in [0.2, 0.25) is 0 Å². The first-order valence-electron chi connectivity index (χ1n) is 13.9. The van der Waals surface area contributed by atoms with Crippen LogP contribution in [0.15, 0.2) is 78.9 Å². The highest BCUT2D eigenvalue weighted by Crippen LogP contribution is 2.33. The number of likely N-dealkylation sites (tertiary alicyclic amines) is 1. The predicted molar refractivity (Wildman–Crippen MR) is 153 cm³/mol. The summed E-state index contributed by atoms with van der Waals surface area (Å²) in [4.78, 5) is 27.2. The summed E-state index contributed by atoms with van der Waals surface area (Å²) in [6.45, 7) is 7.02. The molecule has 5 nitrogen and oxygen atoms in total. The molecule has 0 radical (unpaired) electrons. The first-order chi connectivity index (χ1) is 18.4. The van der Waals surface area contributed by atoms with Crippen LogP contribution in [0.4, 0.5) is 0 Å². The molecule has 0 aliphatic carbocycles. The predicted octanol–water partition coefficient (Wildman–Crippen LogP) is 6.32. The Balaban J connectivity index is 1.28. The third kappa shape index (κ3) is 7.11. The molecule has 3 aromatic rings. The van der Waals surface area contributed by atoms with Crippen molar-refractivity contribution in [2.45, 2.75) is 63.8 Å². The third-order valence-electron chi connectivity index (χ3n) is 7.98. The number of carboxylic acid groups (broad SMARTS) is 1. The van der Waals surface area contributed by atoms with Crippen molar-refractivity contribution in [3.8, 4) is 11.1 Å². The van der Waals surface area contributed by atoms with Crippen molar-refractivity contribution in [3.63, 3.8) is 0 Å². The maximum Gasteiger partial charge on any atom is 0.304 e. The lowest BCUT2D eigenvalue weighted by atomic mass is 9.76. The van der Waals surface area contributed by atoms with Crippen LogP contribution in [0.25, 0.3) is 11.1 Å². The molecule has 38 heavy (non-hydrogen) atoms. The minimum Gasteiger partial charge on any atom is -0.481 e. The van der Waals surface area contributed by atoms with Crippen molar-refractivity contribution >= 4 is 11.9 Å². The molecular formula is C33H40N2O3. The quantitative estimate of drug-likeness (QED) is 0.315. The third-order valence-corrected chi connectivity index (χ3v) is 7.98. The molecule has 0 bridgehead atoms.